The minimum atomic E-state index is 0.107. The summed E-state index contributed by atoms with van der Waals surface area (Å²) in [5.41, 5.74) is 0. The monoisotopic (exact) mass is 212 g/mol. The van der Waals surface area contributed by atoms with Gasteiger partial charge in [0.25, 0.3) is 0 Å². The van der Waals surface area contributed by atoms with E-state index in [1.54, 1.807) is 0 Å². The first kappa shape index (κ1) is 12.5. The van der Waals surface area contributed by atoms with Crippen molar-refractivity contribution in [2.24, 2.45) is 17.8 Å². The van der Waals surface area contributed by atoms with E-state index in [0.29, 0.717) is 5.92 Å². The van der Waals surface area contributed by atoms with Gasteiger partial charge in [0.05, 0.1) is 5.92 Å². The highest BCUT2D eigenvalue weighted by molar-refractivity contribution is 5.79. The molecule has 1 aliphatic carbocycles. The number of nitrogens with one attached hydrogen (secondary N) is 2. The van der Waals surface area contributed by atoms with Crippen LogP contribution in [0.15, 0.2) is 0 Å². The zero-order chi connectivity index (χ0) is 11.3. The summed E-state index contributed by atoms with van der Waals surface area (Å²) in [5, 5.41) is 6.16. The Balaban J connectivity index is 2.27. The first-order chi connectivity index (χ1) is 7.15. The molecule has 0 aromatic carbocycles. The fraction of sp³-hybridized carbons (Fsp3) is 0.917. The van der Waals surface area contributed by atoms with Crippen molar-refractivity contribution in [1.82, 2.24) is 10.6 Å². The molecule has 0 saturated heterocycles. The molecule has 0 aromatic rings. The van der Waals surface area contributed by atoms with Gasteiger partial charge >= 0.3 is 0 Å². The van der Waals surface area contributed by atoms with Crippen molar-refractivity contribution < 1.29 is 4.79 Å². The second-order valence-corrected chi connectivity index (χ2v) is 4.95. The molecule has 88 valence electrons. The molecule has 0 bridgehead atoms. The van der Waals surface area contributed by atoms with Crippen LogP contribution in [0.25, 0.3) is 0 Å². The van der Waals surface area contributed by atoms with Gasteiger partial charge in [0, 0.05) is 13.1 Å². The molecule has 0 aromatic heterocycles. The van der Waals surface area contributed by atoms with Crippen molar-refractivity contribution in [3.05, 3.63) is 0 Å². The molecule has 1 atom stereocenters. The van der Waals surface area contributed by atoms with Gasteiger partial charge in [-0.2, -0.15) is 0 Å². The van der Waals surface area contributed by atoms with Crippen LogP contribution in [0.3, 0.4) is 0 Å². The predicted molar refractivity (Wildman–Crippen MR) is 62.6 cm³/mol. The standard InChI is InChI=1S/C12H24N2O/c1-9(2)11(8-13-3)12(15)14-7-10-5-4-6-10/h9-11,13H,4-8H2,1-3H3,(H,14,15). The Hall–Kier alpha value is -0.570. The fourth-order valence-corrected chi connectivity index (χ4v) is 1.92. The zero-order valence-electron chi connectivity index (χ0n) is 10.2. The van der Waals surface area contributed by atoms with Crippen LogP contribution in [0.5, 0.6) is 0 Å². The van der Waals surface area contributed by atoms with E-state index in [4.69, 9.17) is 0 Å². The number of rotatable bonds is 6. The van der Waals surface area contributed by atoms with Crippen molar-refractivity contribution in [3.8, 4) is 0 Å². The molecule has 1 fully saturated rings. The summed E-state index contributed by atoms with van der Waals surface area (Å²) in [4.78, 5) is 11.9. The lowest BCUT2D eigenvalue weighted by molar-refractivity contribution is -0.126. The van der Waals surface area contributed by atoms with E-state index < -0.39 is 0 Å². The molecule has 1 aliphatic rings. The lowest BCUT2D eigenvalue weighted by atomic mass is 9.85. The number of carbonyl (C=O) groups is 1. The van der Waals surface area contributed by atoms with Crippen LogP contribution in [-0.4, -0.2) is 26.0 Å². The predicted octanol–water partition coefficient (Wildman–Crippen LogP) is 1.39. The minimum Gasteiger partial charge on any atom is -0.356 e. The molecular weight excluding hydrogens is 188 g/mol. The van der Waals surface area contributed by atoms with Crippen LogP contribution >= 0.6 is 0 Å². The van der Waals surface area contributed by atoms with Gasteiger partial charge in [-0.25, -0.2) is 0 Å². The summed E-state index contributed by atoms with van der Waals surface area (Å²) < 4.78 is 0. The summed E-state index contributed by atoms with van der Waals surface area (Å²) in [6.07, 6.45) is 3.92. The Morgan fingerprint density at radius 2 is 2.07 bits per heavy atom. The topological polar surface area (TPSA) is 41.1 Å². The van der Waals surface area contributed by atoms with Crippen molar-refractivity contribution in [2.45, 2.75) is 33.1 Å². The first-order valence-corrected chi connectivity index (χ1v) is 6.07. The molecule has 1 rings (SSSR count). The van der Waals surface area contributed by atoms with Gasteiger partial charge in [-0.3, -0.25) is 4.79 Å². The van der Waals surface area contributed by atoms with Crippen LogP contribution in [0.4, 0.5) is 0 Å². The Kier molecular flexibility index (Phi) is 5.09. The van der Waals surface area contributed by atoms with Gasteiger partial charge in [0.2, 0.25) is 5.91 Å². The molecule has 3 heteroatoms. The van der Waals surface area contributed by atoms with Crippen LogP contribution < -0.4 is 10.6 Å². The maximum atomic E-state index is 11.9. The van der Waals surface area contributed by atoms with Crippen LogP contribution in [0, 0.1) is 17.8 Å². The molecular formula is C12H24N2O. The summed E-state index contributed by atoms with van der Waals surface area (Å²) >= 11 is 0. The Bertz CT molecular complexity index is 200. The summed E-state index contributed by atoms with van der Waals surface area (Å²) in [7, 11) is 1.90. The third kappa shape index (κ3) is 3.82. The van der Waals surface area contributed by atoms with E-state index >= 15 is 0 Å². The van der Waals surface area contributed by atoms with Crippen molar-refractivity contribution in [1.29, 1.82) is 0 Å². The van der Waals surface area contributed by atoms with E-state index in [9.17, 15) is 4.79 Å². The van der Waals surface area contributed by atoms with Gasteiger partial charge in [0.15, 0.2) is 0 Å². The zero-order valence-corrected chi connectivity index (χ0v) is 10.2. The smallest absolute Gasteiger partial charge is 0.224 e. The average Bonchev–Trinajstić information content (AvgIpc) is 2.10. The molecule has 2 N–H and O–H groups in total. The Morgan fingerprint density at radius 3 is 2.47 bits per heavy atom. The third-order valence-corrected chi connectivity index (χ3v) is 3.36. The maximum Gasteiger partial charge on any atom is 0.224 e. The second kappa shape index (κ2) is 6.11. The SMILES string of the molecule is CNCC(C(=O)NCC1CCC1)C(C)C. The highest BCUT2D eigenvalue weighted by atomic mass is 16.1. The van der Waals surface area contributed by atoms with Crippen LogP contribution in [0.2, 0.25) is 0 Å². The second-order valence-electron chi connectivity index (χ2n) is 4.95. The van der Waals surface area contributed by atoms with Crippen LogP contribution in [0.1, 0.15) is 33.1 Å². The summed E-state index contributed by atoms with van der Waals surface area (Å²) in [6.45, 7) is 5.86. The summed E-state index contributed by atoms with van der Waals surface area (Å²) in [6, 6.07) is 0. The molecule has 0 spiro atoms. The number of hydrogen-bond donors (Lipinski definition) is 2. The van der Waals surface area contributed by atoms with E-state index in [2.05, 4.69) is 24.5 Å². The van der Waals surface area contributed by atoms with E-state index in [1.165, 1.54) is 19.3 Å². The molecule has 15 heavy (non-hydrogen) atoms. The van der Waals surface area contributed by atoms with Crippen molar-refractivity contribution >= 4 is 5.91 Å². The van der Waals surface area contributed by atoms with E-state index in [0.717, 1.165) is 19.0 Å². The van der Waals surface area contributed by atoms with E-state index in [1.807, 2.05) is 7.05 Å². The van der Waals surface area contributed by atoms with E-state index in [-0.39, 0.29) is 11.8 Å². The van der Waals surface area contributed by atoms with Crippen molar-refractivity contribution in [3.63, 3.8) is 0 Å². The van der Waals surface area contributed by atoms with Gasteiger partial charge in [-0.15, -0.1) is 0 Å². The molecule has 0 heterocycles. The minimum absolute atomic E-state index is 0.107. The normalized spacial score (nSPS) is 18.7. The molecule has 1 unspecified atom stereocenters. The number of amides is 1. The number of carbonyl (C=O) groups excluding carboxylic acids is 1. The lowest BCUT2D eigenvalue weighted by Crippen LogP contribution is -2.41. The average molecular weight is 212 g/mol. The van der Waals surface area contributed by atoms with Crippen LogP contribution in [-0.2, 0) is 4.79 Å². The highest BCUT2D eigenvalue weighted by Gasteiger charge is 2.23. The van der Waals surface area contributed by atoms with Crippen molar-refractivity contribution in [2.75, 3.05) is 20.1 Å². The molecule has 1 amide bonds. The summed E-state index contributed by atoms with van der Waals surface area (Å²) in [5.74, 6) is 1.47. The lowest BCUT2D eigenvalue weighted by Gasteiger charge is -2.27. The van der Waals surface area contributed by atoms with Gasteiger partial charge in [-0.1, -0.05) is 20.3 Å². The molecule has 3 nitrogen and oxygen atoms in total. The Morgan fingerprint density at radius 1 is 1.40 bits per heavy atom. The Labute approximate surface area is 93.0 Å². The third-order valence-electron chi connectivity index (χ3n) is 3.36. The first-order valence-electron chi connectivity index (χ1n) is 6.07. The maximum absolute atomic E-state index is 11.9. The fourth-order valence-electron chi connectivity index (χ4n) is 1.92. The quantitative estimate of drug-likeness (QED) is 0.698. The largest absolute Gasteiger partial charge is 0.356 e. The van der Waals surface area contributed by atoms with Gasteiger partial charge in [-0.05, 0) is 31.7 Å². The number of hydrogen-bond acceptors (Lipinski definition) is 2. The van der Waals surface area contributed by atoms with Gasteiger partial charge in [0.1, 0.15) is 0 Å². The molecule has 1 saturated carbocycles. The highest BCUT2D eigenvalue weighted by Crippen LogP contribution is 2.25. The molecule has 0 aliphatic heterocycles. The van der Waals surface area contributed by atoms with Gasteiger partial charge < -0.3 is 10.6 Å². The molecule has 0 radical (unpaired) electrons.